The molecular formula is C20H25N3O2. The molecule has 1 spiro atoms. The first-order valence-electron chi connectivity index (χ1n) is 9.11. The van der Waals surface area contributed by atoms with Gasteiger partial charge in [-0.2, -0.15) is 4.98 Å². The van der Waals surface area contributed by atoms with Crippen molar-refractivity contribution in [1.82, 2.24) is 15.0 Å². The number of hydrogen-bond acceptors (Lipinski definition) is 5. The van der Waals surface area contributed by atoms with Gasteiger partial charge in [0.1, 0.15) is 5.75 Å². The van der Waals surface area contributed by atoms with Crippen molar-refractivity contribution in [2.75, 3.05) is 20.2 Å². The molecule has 5 heteroatoms. The maximum Gasteiger partial charge on any atom is 0.241 e. The minimum Gasteiger partial charge on any atom is -0.497 e. The van der Waals surface area contributed by atoms with E-state index in [1.807, 2.05) is 24.3 Å². The topological polar surface area (TPSA) is 51.4 Å². The van der Waals surface area contributed by atoms with E-state index in [1.54, 1.807) is 7.11 Å². The summed E-state index contributed by atoms with van der Waals surface area (Å²) in [5, 5.41) is 4.15. The molecular weight excluding hydrogens is 314 g/mol. The molecule has 1 saturated heterocycles. The predicted molar refractivity (Wildman–Crippen MR) is 96.2 cm³/mol. The Labute approximate surface area is 148 Å². The predicted octanol–water partition coefficient (Wildman–Crippen LogP) is 4.07. The van der Waals surface area contributed by atoms with Crippen molar-refractivity contribution in [2.45, 2.75) is 38.6 Å². The molecule has 2 aromatic rings. The largest absolute Gasteiger partial charge is 0.497 e. The van der Waals surface area contributed by atoms with Crippen molar-refractivity contribution >= 4 is 0 Å². The standard InChI is InChI=1S/C20H25N3O2/c1-24-17-8-5-7-16(13-17)19-21-18(25-22-19)14-23-12-6-11-20(15-23)9-3-2-4-10-20/h2-3,5,7-8,13H,4,6,9-12,14-15H2,1H3. The van der Waals surface area contributed by atoms with Crippen LogP contribution in [0, 0.1) is 5.41 Å². The molecule has 2 heterocycles. The van der Waals surface area contributed by atoms with Crippen LogP contribution in [0.2, 0.25) is 0 Å². The summed E-state index contributed by atoms with van der Waals surface area (Å²) in [7, 11) is 1.66. The Hall–Kier alpha value is -2.14. The molecule has 0 bridgehead atoms. The average Bonchev–Trinajstić information content (AvgIpc) is 3.11. The van der Waals surface area contributed by atoms with Crippen LogP contribution < -0.4 is 4.74 Å². The first-order chi connectivity index (χ1) is 12.3. The number of hydrogen-bond donors (Lipinski definition) is 0. The fourth-order valence-electron chi connectivity index (χ4n) is 4.15. The molecule has 25 heavy (non-hydrogen) atoms. The maximum atomic E-state index is 5.51. The van der Waals surface area contributed by atoms with Crippen molar-refractivity contribution < 1.29 is 9.26 Å². The van der Waals surface area contributed by atoms with E-state index < -0.39 is 0 Å². The smallest absolute Gasteiger partial charge is 0.241 e. The van der Waals surface area contributed by atoms with Gasteiger partial charge in [0.2, 0.25) is 11.7 Å². The summed E-state index contributed by atoms with van der Waals surface area (Å²) in [5.41, 5.74) is 1.38. The molecule has 1 atom stereocenters. The summed E-state index contributed by atoms with van der Waals surface area (Å²) < 4.78 is 10.8. The number of aromatic nitrogens is 2. The molecule has 4 rings (SSSR count). The lowest BCUT2D eigenvalue weighted by Crippen LogP contribution is -2.43. The average molecular weight is 339 g/mol. The Balaban J connectivity index is 1.44. The van der Waals surface area contributed by atoms with Gasteiger partial charge in [-0.25, -0.2) is 0 Å². The van der Waals surface area contributed by atoms with Crippen molar-refractivity contribution in [3.8, 4) is 17.1 Å². The second-order valence-electron chi connectivity index (χ2n) is 7.27. The lowest BCUT2D eigenvalue weighted by atomic mass is 9.71. The molecule has 2 aliphatic rings. The minimum atomic E-state index is 0.461. The van der Waals surface area contributed by atoms with Gasteiger partial charge in [-0.15, -0.1) is 0 Å². The number of likely N-dealkylation sites (tertiary alicyclic amines) is 1. The van der Waals surface area contributed by atoms with Crippen molar-refractivity contribution in [3.63, 3.8) is 0 Å². The number of ether oxygens (including phenoxy) is 1. The van der Waals surface area contributed by atoms with Crippen LogP contribution in [0.25, 0.3) is 11.4 Å². The van der Waals surface area contributed by atoms with Gasteiger partial charge in [0, 0.05) is 12.1 Å². The van der Waals surface area contributed by atoms with E-state index in [0.717, 1.165) is 30.9 Å². The Kier molecular flexibility index (Phi) is 4.57. The molecule has 1 aromatic carbocycles. The number of nitrogens with zero attached hydrogens (tertiary/aromatic N) is 3. The van der Waals surface area contributed by atoms with Crippen LogP contribution in [0.4, 0.5) is 0 Å². The summed E-state index contributed by atoms with van der Waals surface area (Å²) in [6, 6.07) is 7.76. The Morgan fingerprint density at radius 3 is 3.08 bits per heavy atom. The Bertz CT molecular complexity index is 755. The first kappa shape index (κ1) is 16.3. The highest BCUT2D eigenvalue weighted by Crippen LogP contribution is 2.41. The molecule has 1 aromatic heterocycles. The van der Waals surface area contributed by atoms with Crippen LogP contribution >= 0.6 is 0 Å². The molecule has 0 radical (unpaired) electrons. The molecule has 1 unspecified atom stereocenters. The van der Waals surface area contributed by atoms with E-state index in [2.05, 4.69) is 27.2 Å². The Morgan fingerprint density at radius 1 is 1.28 bits per heavy atom. The Morgan fingerprint density at radius 2 is 2.24 bits per heavy atom. The van der Waals surface area contributed by atoms with Crippen LogP contribution in [-0.2, 0) is 6.54 Å². The monoisotopic (exact) mass is 339 g/mol. The molecule has 0 N–H and O–H groups in total. The summed E-state index contributed by atoms with van der Waals surface area (Å²) in [5.74, 6) is 2.12. The number of rotatable bonds is 4. The van der Waals surface area contributed by atoms with E-state index in [1.165, 1.54) is 32.1 Å². The van der Waals surface area contributed by atoms with E-state index in [4.69, 9.17) is 9.26 Å². The van der Waals surface area contributed by atoms with Gasteiger partial charge in [-0.3, -0.25) is 4.90 Å². The highest BCUT2D eigenvalue weighted by molar-refractivity contribution is 5.56. The molecule has 1 aliphatic carbocycles. The van der Waals surface area contributed by atoms with Gasteiger partial charge in [-0.1, -0.05) is 29.4 Å². The number of allylic oxidation sites excluding steroid dienone is 2. The van der Waals surface area contributed by atoms with E-state index in [-0.39, 0.29) is 0 Å². The lowest BCUT2D eigenvalue weighted by molar-refractivity contribution is 0.0667. The number of benzene rings is 1. The summed E-state index contributed by atoms with van der Waals surface area (Å²) >= 11 is 0. The van der Waals surface area contributed by atoms with Crippen molar-refractivity contribution in [1.29, 1.82) is 0 Å². The second kappa shape index (κ2) is 7.00. The third kappa shape index (κ3) is 3.61. The van der Waals surface area contributed by atoms with Gasteiger partial charge in [0.05, 0.1) is 13.7 Å². The van der Waals surface area contributed by atoms with Crippen molar-refractivity contribution in [2.24, 2.45) is 5.41 Å². The molecule has 5 nitrogen and oxygen atoms in total. The van der Waals surface area contributed by atoms with E-state index in [0.29, 0.717) is 17.1 Å². The molecule has 0 saturated carbocycles. The molecule has 132 valence electrons. The highest BCUT2D eigenvalue weighted by Gasteiger charge is 2.35. The minimum absolute atomic E-state index is 0.461. The van der Waals surface area contributed by atoms with E-state index in [9.17, 15) is 0 Å². The van der Waals surface area contributed by atoms with Crippen LogP contribution in [0.5, 0.6) is 5.75 Å². The number of piperidine rings is 1. The van der Waals surface area contributed by atoms with Gasteiger partial charge < -0.3 is 9.26 Å². The summed E-state index contributed by atoms with van der Waals surface area (Å²) in [6.45, 7) is 2.99. The lowest BCUT2D eigenvalue weighted by Gasteiger charge is -2.43. The fraction of sp³-hybridized carbons (Fsp3) is 0.500. The van der Waals surface area contributed by atoms with Crippen LogP contribution in [0.3, 0.4) is 0 Å². The zero-order chi connectivity index (χ0) is 17.1. The quantitative estimate of drug-likeness (QED) is 0.786. The van der Waals surface area contributed by atoms with Crippen LogP contribution in [0.1, 0.15) is 38.0 Å². The molecule has 0 amide bonds. The molecule has 1 fully saturated rings. The van der Waals surface area contributed by atoms with E-state index >= 15 is 0 Å². The van der Waals surface area contributed by atoms with Crippen molar-refractivity contribution in [3.05, 3.63) is 42.3 Å². The SMILES string of the molecule is COc1cccc(-c2noc(CN3CCCC4(CC=CCC4)C3)n2)c1. The van der Waals surface area contributed by atoms with Crippen LogP contribution in [-0.4, -0.2) is 35.2 Å². The normalized spacial score (nSPS) is 23.9. The summed E-state index contributed by atoms with van der Waals surface area (Å²) in [6.07, 6.45) is 11.0. The zero-order valence-corrected chi connectivity index (χ0v) is 14.8. The second-order valence-corrected chi connectivity index (χ2v) is 7.27. The third-order valence-corrected chi connectivity index (χ3v) is 5.45. The highest BCUT2D eigenvalue weighted by atomic mass is 16.5. The van der Waals surface area contributed by atoms with Gasteiger partial charge in [0.25, 0.3) is 0 Å². The number of methoxy groups -OCH3 is 1. The van der Waals surface area contributed by atoms with Crippen LogP contribution in [0.15, 0.2) is 40.9 Å². The fourth-order valence-corrected chi connectivity index (χ4v) is 4.15. The zero-order valence-electron chi connectivity index (χ0n) is 14.8. The van der Waals surface area contributed by atoms with Gasteiger partial charge in [0.15, 0.2) is 0 Å². The molecule has 1 aliphatic heterocycles. The summed E-state index contributed by atoms with van der Waals surface area (Å²) in [4.78, 5) is 7.07. The maximum absolute atomic E-state index is 5.51. The first-order valence-corrected chi connectivity index (χ1v) is 9.11. The van der Waals surface area contributed by atoms with Gasteiger partial charge in [-0.05, 0) is 56.2 Å². The van der Waals surface area contributed by atoms with Gasteiger partial charge >= 0.3 is 0 Å². The third-order valence-electron chi connectivity index (χ3n) is 5.45.